The number of carbonyl (C=O) groups excluding carboxylic acids is 1. The molecule has 1 aliphatic carbocycles. The van der Waals surface area contributed by atoms with E-state index in [0.29, 0.717) is 6.04 Å². The molecular formula is C21H19BrN4OS. The predicted molar refractivity (Wildman–Crippen MR) is 114 cm³/mol. The number of aromatic nitrogens is 3. The molecule has 2 aliphatic rings. The number of nitrogens with zero attached hydrogens (tertiary/aromatic N) is 3. The van der Waals surface area contributed by atoms with E-state index in [-0.39, 0.29) is 11.2 Å². The van der Waals surface area contributed by atoms with E-state index in [1.807, 2.05) is 30.3 Å². The number of rotatable bonds is 4. The lowest BCUT2D eigenvalue weighted by Gasteiger charge is -2.14. The van der Waals surface area contributed by atoms with Crippen LogP contribution in [0.1, 0.15) is 30.9 Å². The van der Waals surface area contributed by atoms with Crippen LogP contribution in [0.25, 0.3) is 11.4 Å². The van der Waals surface area contributed by atoms with Crippen LogP contribution < -0.4 is 5.32 Å². The second-order valence-corrected chi connectivity index (χ2v) is 9.29. The van der Waals surface area contributed by atoms with Gasteiger partial charge in [-0.25, -0.2) is 0 Å². The highest BCUT2D eigenvalue weighted by atomic mass is 79.9. The minimum Gasteiger partial charge on any atom is -0.325 e. The Hall–Kier alpha value is -2.12. The maximum absolute atomic E-state index is 12.8. The third-order valence-electron chi connectivity index (χ3n) is 5.17. The molecule has 1 amide bonds. The van der Waals surface area contributed by atoms with Gasteiger partial charge >= 0.3 is 0 Å². The Bertz CT molecular complexity index is 1030. The number of thioether (sulfide) groups is 1. The first-order valence-corrected chi connectivity index (χ1v) is 11.1. The van der Waals surface area contributed by atoms with Crippen LogP contribution in [0.4, 0.5) is 5.69 Å². The van der Waals surface area contributed by atoms with Crippen LogP contribution in [-0.2, 0) is 11.2 Å². The quantitative estimate of drug-likeness (QED) is 0.596. The van der Waals surface area contributed by atoms with E-state index in [0.717, 1.165) is 52.4 Å². The smallest absolute Gasteiger partial charge is 0.237 e. The second-order valence-electron chi connectivity index (χ2n) is 7.21. The molecule has 5 rings (SSSR count). The lowest BCUT2D eigenvalue weighted by atomic mass is 10.1. The van der Waals surface area contributed by atoms with Gasteiger partial charge in [-0.2, -0.15) is 0 Å². The van der Waals surface area contributed by atoms with Crippen molar-refractivity contribution in [2.24, 2.45) is 0 Å². The molecule has 1 unspecified atom stereocenters. The minimum atomic E-state index is -0.174. The summed E-state index contributed by atoms with van der Waals surface area (Å²) >= 11 is 5.02. The fraction of sp³-hybridized carbons (Fsp3) is 0.286. The molecule has 1 saturated carbocycles. The highest BCUT2D eigenvalue weighted by Gasteiger charge is 2.33. The topological polar surface area (TPSA) is 59.8 Å². The molecule has 28 heavy (non-hydrogen) atoms. The van der Waals surface area contributed by atoms with Crippen molar-refractivity contribution in [2.45, 2.75) is 42.1 Å². The van der Waals surface area contributed by atoms with Gasteiger partial charge in [-0.1, -0.05) is 58.0 Å². The van der Waals surface area contributed by atoms with E-state index >= 15 is 0 Å². The molecule has 1 N–H and O–H groups in total. The Balaban J connectivity index is 1.43. The van der Waals surface area contributed by atoms with Crippen molar-refractivity contribution in [1.82, 2.24) is 14.8 Å². The van der Waals surface area contributed by atoms with Crippen LogP contribution in [0, 0.1) is 0 Å². The van der Waals surface area contributed by atoms with Gasteiger partial charge in [-0.15, -0.1) is 10.2 Å². The van der Waals surface area contributed by atoms with Gasteiger partial charge in [0, 0.05) is 21.8 Å². The van der Waals surface area contributed by atoms with Gasteiger partial charge in [-0.3, -0.25) is 9.36 Å². The van der Waals surface area contributed by atoms with E-state index in [1.165, 1.54) is 17.3 Å². The summed E-state index contributed by atoms with van der Waals surface area (Å²) in [7, 11) is 0. The minimum absolute atomic E-state index is 0.0467. The third-order valence-corrected chi connectivity index (χ3v) is 6.92. The summed E-state index contributed by atoms with van der Waals surface area (Å²) in [5.74, 6) is 0.931. The third kappa shape index (κ3) is 3.49. The number of hydrogen-bond acceptors (Lipinski definition) is 4. The standard InChI is InChI=1S/C21H19BrN4OS/c22-15-8-5-14(6-9-15)19-24-25-21(26(19)16-10-11-16)28-18-12-7-13-3-1-2-4-17(13)23-20(18)27/h1-6,8-9,16,18H,7,10-12H2,(H,23,27). The molecule has 5 nitrogen and oxygen atoms in total. The fourth-order valence-corrected chi connectivity index (χ4v) is 4.90. The summed E-state index contributed by atoms with van der Waals surface area (Å²) in [6, 6.07) is 16.6. The van der Waals surface area contributed by atoms with Crippen LogP contribution in [0.5, 0.6) is 0 Å². The van der Waals surface area contributed by atoms with Gasteiger partial charge in [0.25, 0.3) is 0 Å². The number of fused-ring (bicyclic) bond motifs is 1. The highest BCUT2D eigenvalue weighted by Crippen LogP contribution is 2.42. The summed E-state index contributed by atoms with van der Waals surface area (Å²) in [4.78, 5) is 12.8. The fourth-order valence-electron chi connectivity index (χ4n) is 3.55. The zero-order valence-corrected chi connectivity index (χ0v) is 17.5. The number of carbonyl (C=O) groups is 1. The Morgan fingerprint density at radius 2 is 1.82 bits per heavy atom. The first-order chi connectivity index (χ1) is 13.7. The molecule has 0 saturated heterocycles. The van der Waals surface area contributed by atoms with Crippen molar-refractivity contribution < 1.29 is 4.79 Å². The van der Waals surface area contributed by atoms with Crippen molar-refractivity contribution in [3.63, 3.8) is 0 Å². The number of aryl methyl sites for hydroxylation is 1. The Morgan fingerprint density at radius 1 is 1.04 bits per heavy atom. The Labute approximate surface area is 176 Å². The van der Waals surface area contributed by atoms with Crippen LogP contribution in [-0.4, -0.2) is 25.9 Å². The van der Waals surface area contributed by atoms with E-state index in [4.69, 9.17) is 0 Å². The lowest BCUT2D eigenvalue weighted by molar-refractivity contribution is -0.115. The van der Waals surface area contributed by atoms with Crippen LogP contribution in [0.15, 0.2) is 58.2 Å². The molecule has 2 heterocycles. The summed E-state index contributed by atoms with van der Waals surface area (Å²) < 4.78 is 3.26. The van der Waals surface area contributed by atoms with Crippen molar-refractivity contribution in [2.75, 3.05) is 5.32 Å². The SMILES string of the molecule is O=C1Nc2ccccc2CCC1Sc1nnc(-c2ccc(Br)cc2)n1C1CC1. The van der Waals surface area contributed by atoms with E-state index in [1.54, 1.807) is 0 Å². The number of halogens is 1. The van der Waals surface area contributed by atoms with Crippen LogP contribution in [0.3, 0.4) is 0 Å². The first-order valence-electron chi connectivity index (χ1n) is 9.45. The Morgan fingerprint density at radius 3 is 2.61 bits per heavy atom. The molecule has 1 aliphatic heterocycles. The van der Waals surface area contributed by atoms with E-state index in [2.05, 4.69) is 54.2 Å². The largest absolute Gasteiger partial charge is 0.325 e. The van der Waals surface area contributed by atoms with Gasteiger partial charge in [0.1, 0.15) is 0 Å². The molecule has 0 radical (unpaired) electrons. The molecule has 0 bridgehead atoms. The van der Waals surface area contributed by atoms with E-state index < -0.39 is 0 Å². The maximum Gasteiger partial charge on any atom is 0.237 e. The molecule has 7 heteroatoms. The average Bonchev–Trinajstić information content (AvgIpc) is 3.48. The Kier molecular flexibility index (Phi) is 4.72. The normalized spacial score (nSPS) is 19.0. The molecule has 1 atom stereocenters. The zero-order valence-electron chi connectivity index (χ0n) is 15.1. The monoisotopic (exact) mass is 454 g/mol. The summed E-state index contributed by atoms with van der Waals surface area (Å²) in [5, 5.41) is 12.7. The molecule has 0 spiro atoms. The molecule has 1 aromatic heterocycles. The van der Waals surface area contributed by atoms with Gasteiger partial charge in [0.2, 0.25) is 5.91 Å². The summed E-state index contributed by atoms with van der Waals surface area (Å²) in [5.41, 5.74) is 3.17. The van der Waals surface area contributed by atoms with E-state index in [9.17, 15) is 4.79 Å². The molecule has 2 aromatic carbocycles. The second kappa shape index (κ2) is 7.37. The van der Waals surface area contributed by atoms with Crippen molar-refractivity contribution in [3.05, 3.63) is 58.6 Å². The summed E-state index contributed by atoms with van der Waals surface area (Å²) in [6.45, 7) is 0. The molecular weight excluding hydrogens is 436 g/mol. The maximum atomic E-state index is 12.8. The first kappa shape index (κ1) is 17.9. The van der Waals surface area contributed by atoms with Gasteiger partial charge < -0.3 is 5.32 Å². The van der Waals surface area contributed by atoms with Crippen molar-refractivity contribution >= 4 is 39.3 Å². The van der Waals surface area contributed by atoms with Gasteiger partial charge in [0.05, 0.1) is 5.25 Å². The van der Waals surface area contributed by atoms with Gasteiger partial charge in [0.15, 0.2) is 11.0 Å². The number of hydrogen-bond donors (Lipinski definition) is 1. The van der Waals surface area contributed by atoms with Gasteiger partial charge in [-0.05, 0) is 49.4 Å². The van der Waals surface area contributed by atoms with Crippen molar-refractivity contribution in [3.8, 4) is 11.4 Å². The number of nitrogens with one attached hydrogen (secondary N) is 1. The number of para-hydroxylation sites is 1. The average molecular weight is 455 g/mol. The predicted octanol–water partition coefficient (Wildman–Crippen LogP) is 5.09. The van der Waals surface area contributed by atoms with Crippen LogP contribution in [0.2, 0.25) is 0 Å². The van der Waals surface area contributed by atoms with Crippen molar-refractivity contribution in [1.29, 1.82) is 0 Å². The lowest BCUT2D eigenvalue weighted by Crippen LogP contribution is -2.24. The molecule has 142 valence electrons. The molecule has 1 fully saturated rings. The zero-order chi connectivity index (χ0) is 19.1. The number of anilines is 1. The summed E-state index contributed by atoms with van der Waals surface area (Å²) in [6.07, 6.45) is 3.94. The molecule has 3 aromatic rings. The van der Waals surface area contributed by atoms with Crippen LogP contribution >= 0.6 is 27.7 Å². The highest BCUT2D eigenvalue weighted by molar-refractivity contribution is 9.10. The number of benzene rings is 2. The number of amides is 1.